The van der Waals surface area contributed by atoms with E-state index in [-0.39, 0.29) is 17.4 Å². The number of hydrogen-bond donors (Lipinski definition) is 2. The van der Waals surface area contributed by atoms with E-state index in [2.05, 4.69) is 20.6 Å². The van der Waals surface area contributed by atoms with Crippen LogP contribution >= 0.6 is 0 Å². The first-order valence-electron chi connectivity index (χ1n) is 8.71. The summed E-state index contributed by atoms with van der Waals surface area (Å²) in [4.78, 5) is 34.0. The highest BCUT2D eigenvalue weighted by Crippen LogP contribution is 2.18. The van der Waals surface area contributed by atoms with Gasteiger partial charge in [-0.25, -0.2) is 9.97 Å². The van der Waals surface area contributed by atoms with Gasteiger partial charge in [0.15, 0.2) is 5.78 Å². The first kappa shape index (κ1) is 19.0. The zero-order valence-corrected chi connectivity index (χ0v) is 15.9. The molecule has 0 aliphatic carbocycles. The number of nitrogens with zero attached hydrogens (tertiary/aromatic N) is 3. The smallest absolute Gasteiger partial charge is 0.274 e. The number of rotatable bonds is 6. The average Bonchev–Trinajstić information content (AvgIpc) is 2.69. The van der Waals surface area contributed by atoms with Crippen molar-refractivity contribution in [2.45, 2.75) is 6.92 Å². The fourth-order valence-electron chi connectivity index (χ4n) is 2.52. The second-order valence-corrected chi connectivity index (χ2v) is 6.44. The molecule has 3 aromatic rings. The summed E-state index contributed by atoms with van der Waals surface area (Å²) in [6.07, 6.45) is 1.33. The number of benzene rings is 2. The molecule has 1 amide bonds. The molecule has 0 radical (unpaired) electrons. The minimum Gasteiger partial charge on any atom is -0.378 e. The second kappa shape index (κ2) is 8.30. The van der Waals surface area contributed by atoms with Crippen LogP contribution in [0.15, 0.2) is 60.9 Å². The Bertz CT molecular complexity index is 982. The quantitative estimate of drug-likeness (QED) is 0.638. The molecule has 7 heteroatoms. The molecule has 0 fully saturated rings. The largest absolute Gasteiger partial charge is 0.378 e. The van der Waals surface area contributed by atoms with Crippen molar-refractivity contribution in [3.63, 3.8) is 0 Å². The zero-order valence-electron chi connectivity index (χ0n) is 15.9. The van der Waals surface area contributed by atoms with Gasteiger partial charge in [-0.15, -0.1) is 0 Å². The predicted octanol–water partition coefficient (Wildman–Crippen LogP) is 3.74. The van der Waals surface area contributed by atoms with E-state index in [9.17, 15) is 9.59 Å². The summed E-state index contributed by atoms with van der Waals surface area (Å²) >= 11 is 0. The number of carbonyl (C=O) groups is 2. The molecule has 0 aliphatic heterocycles. The summed E-state index contributed by atoms with van der Waals surface area (Å²) in [6.45, 7) is 1.52. The Morgan fingerprint density at radius 2 is 1.54 bits per heavy atom. The zero-order chi connectivity index (χ0) is 20.1. The minimum absolute atomic E-state index is 0.00570. The number of anilines is 4. The minimum atomic E-state index is -0.324. The molecular weight excluding hydrogens is 354 g/mol. The summed E-state index contributed by atoms with van der Waals surface area (Å²) in [5.41, 5.74) is 3.36. The molecule has 0 bridgehead atoms. The number of Topliss-reactive ketones (excluding diaryl/α,β-unsaturated/α-hetero) is 1. The van der Waals surface area contributed by atoms with Crippen molar-refractivity contribution in [3.8, 4) is 0 Å². The topological polar surface area (TPSA) is 87.2 Å². The Labute approximate surface area is 163 Å². The first-order valence-corrected chi connectivity index (χ1v) is 8.71. The van der Waals surface area contributed by atoms with Crippen LogP contribution in [0.3, 0.4) is 0 Å². The van der Waals surface area contributed by atoms with Gasteiger partial charge in [-0.1, -0.05) is 0 Å². The summed E-state index contributed by atoms with van der Waals surface area (Å²) in [7, 11) is 3.91. The average molecular weight is 375 g/mol. The summed E-state index contributed by atoms with van der Waals surface area (Å²) in [5.74, 6) is 0.166. The molecule has 142 valence electrons. The molecule has 0 atom stereocenters. The molecule has 2 N–H and O–H groups in total. The summed E-state index contributed by atoms with van der Waals surface area (Å²) in [5, 5.41) is 5.92. The van der Waals surface area contributed by atoms with E-state index in [0.717, 1.165) is 11.4 Å². The van der Waals surface area contributed by atoms with Crippen LogP contribution in [0, 0.1) is 0 Å². The van der Waals surface area contributed by atoms with Gasteiger partial charge in [0.25, 0.3) is 5.91 Å². The van der Waals surface area contributed by atoms with Crippen LogP contribution in [-0.4, -0.2) is 35.8 Å². The van der Waals surface area contributed by atoms with Crippen molar-refractivity contribution in [2.75, 3.05) is 29.6 Å². The van der Waals surface area contributed by atoms with Gasteiger partial charge >= 0.3 is 0 Å². The number of nitrogens with one attached hydrogen (secondary N) is 2. The maximum atomic E-state index is 12.5. The molecule has 1 heterocycles. The number of amides is 1. The Morgan fingerprint density at radius 1 is 0.893 bits per heavy atom. The highest BCUT2D eigenvalue weighted by molar-refractivity contribution is 6.03. The monoisotopic (exact) mass is 375 g/mol. The molecule has 0 saturated carbocycles. The van der Waals surface area contributed by atoms with Crippen LogP contribution in [0.1, 0.15) is 27.8 Å². The van der Waals surface area contributed by atoms with Crippen LogP contribution in [-0.2, 0) is 0 Å². The molecule has 0 saturated heterocycles. The van der Waals surface area contributed by atoms with Crippen molar-refractivity contribution >= 4 is 34.6 Å². The lowest BCUT2D eigenvalue weighted by molar-refractivity contribution is 0.101. The van der Waals surface area contributed by atoms with Crippen LogP contribution < -0.4 is 15.5 Å². The van der Waals surface area contributed by atoms with E-state index in [1.54, 1.807) is 30.3 Å². The molecule has 0 aliphatic rings. The Hall–Kier alpha value is -3.74. The van der Waals surface area contributed by atoms with Crippen molar-refractivity contribution in [3.05, 3.63) is 72.2 Å². The van der Waals surface area contributed by atoms with Crippen molar-refractivity contribution in [1.82, 2.24) is 9.97 Å². The first-order chi connectivity index (χ1) is 13.4. The van der Waals surface area contributed by atoms with Crippen molar-refractivity contribution in [1.29, 1.82) is 0 Å². The summed E-state index contributed by atoms with van der Waals surface area (Å²) in [6, 6.07) is 16.1. The third kappa shape index (κ3) is 4.70. The molecule has 2 aromatic carbocycles. The third-order valence-electron chi connectivity index (χ3n) is 4.11. The predicted molar refractivity (Wildman–Crippen MR) is 110 cm³/mol. The van der Waals surface area contributed by atoms with Gasteiger partial charge in [0.2, 0.25) is 0 Å². The Morgan fingerprint density at radius 3 is 2.14 bits per heavy atom. The van der Waals surface area contributed by atoms with E-state index in [1.807, 2.05) is 43.3 Å². The van der Waals surface area contributed by atoms with Gasteiger partial charge in [-0.2, -0.15) is 0 Å². The normalized spacial score (nSPS) is 10.2. The number of carbonyl (C=O) groups excluding carboxylic acids is 2. The number of aromatic nitrogens is 2. The Balaban J connectivity index is 1.69. The van der Waals surface area contributed by atoms with Gasteiger partial charge in [-0.3, -0.25) is 9.59 Å². The van der Waals surface area contributed by atoms with Crippen molar-refractivity contribution in [2.24, 2.45) is 0 Å². The Kier molecular flexibility index (Phi) is 5.64. The van der Waals surface area contributed by atoms with E-state index in [0.29, 0.717) is 17.1 Å². The van der Waals surface area contributed by atoms with Crippen LogP contribution in [0.2, 0.25) is 0 Å². The van der Waals surface area contributed by atoms with E-state index in [4.69, 9.17) is 0 Å². The molecule has 0 spiro atoms. The van der Waals surface area contributed by atoms with E-state index < -0.39 is 0 Å². The standard InChI is InChI=1S/C21H21N5O2/c1-14(27)15-4-6-16(7-5-15)24-20-12-19(22-13-23-20)21(28)25-17-8-10-18(11-9-17)26(2)3/h4-13H,1-3H3,(H,25,28)(H,22,23,24). The molecule has 1 aromatic heterocycles. The highest BCUT2D eigenvalue weighted by Gasteiger charge is 2.10. The molecular formula is C21H21N5O2. The van der Waals surface area contributed by atoms with Gasteiger partial charge in [0, 0.05) is 42.8 Å². The fraction of sp³-hybridized carbons (Fsp3) is 0.143. The SMILES string of the molecule is CC(=O)c1ccc(Nc2cc(C(=O)Nc3ccc(N(C)C)cc3)ncn2)cc1. The maximum Gasteiger partial charge on any atom is 0.274 e. The van der Waals surface area contributed by atoms with Crippen LogP contribution in [0.5, 0.6) is 0 Å². The van der Waals surface area contributed by atoms with E-state index >= 15 is 0 Å². The van der Waals surface area contributed by atoms with Crippen LogP contribution in [0.4, 0.5) is 22.9 Å². The van der Waals surface area contributed by atoms with Gasteiger partial charge in [0.05, 0.1) is 0 Å². The molecule has 28 heavy (non-hydrogen) atoms. The van der Waals surface area contributed by atoms with Gasteiger partial charge < -0.3 is 15.5 Å². The lowest BCUT2D eigenvalue weighted by Gasteiger charge is -2.13. The summed E-state index contributed by atoms with van der Waals surface area (Å²) < 4.78 is 0. The van der Waals surface area contributed by atoms with Gasteiger partial charge in [0.1, 0.15) is 17.8 Å². The van der Waals surface area contributed by atoms with Gasteiger partial charge in [-0.05, 0) is 55.5 Å². The number of ketones is 1. The van der Waals surface area contributed by atoms with E-state index in [1.165, 1.54) is 13.3 Å². The fourth-order valence-corrected chi connectivity index (χ4v) is 2.52. The molecule has 7 nitrogen and oxygen atoms in total. The second-order valence-electron chi connectivity index (χ2n) is 6.44. The maximum absolute atomic E-state index is 12.5. The molecule has 3 rings (SSSR count). The lowest BCUT2D eigenvalue weighted by atomic mass is 10.1. The lowest BCUT2D eigenvalue weighted by Crippen LogP contribution is -2.14. The molecule has 0 unspecified atom stereocenters. The number of hydrogen-bond acceptors (Lipinski definition) is 6. The van der Waals surface area contributed by atoms with Crippen molar-refractivity contribution < 1.29 is 9.59 Å². The third-order valence-corrected chi connectivity index (χ3v) is 4.11. The van der Waals surface area contributed by atoms with Crippen LogP contribution in [0.25, 0.3) is 0 Å². The highest BCUT2D eigenvalue weighted by atomic mass is 16.2.